The van der Waals surface area contributed by atoms with Gasteiger partial charge in [0, 0.05) is 38.7 Å². The van der Waals surface area contributed by atoms with Gasteiger partial charge < -0.3 is 19.9 Å². The summed E-state index contributed by atoms with van der Waals surface area (Å²) in [6.07, 6.45) is 2.77. The van der Waals surface area contributed by atoms with E-state index in [1.54, 1.807) is 18.9 Å². The Morgan fingerprint density at radius 3 is 2.73 bits per heavy atom. The summed E-state index contributed by atoms with van der Waals surface area (Å²) in [5.41, 5.74) is 5.06. The molecule has 0 fully saturated rings. The molecule has 33 heavy (non-hydrogen) atoms. The van der Waals surface area contributed by atoms with Crippen LogP contribution in [0.5, 0.6) is 5.75 Å². The van der Waals surface area contributed by atoms with Crippen LogP contribution in [0.25, 0.3) is 10.9 Å². The van der Waals surface area contributed by atoms with E-state index >= 15 is 0 Å². The van der Waals surface area contributed by atoms with Crippen molar-refractivity contribution in [3.63, 3.8) is 0 Å². The fourth-order valence-electron chi connectivity index (χ4n) is 4.51. The number of urea groups is 1. The normalized spacial score (nSPS) is 15.4. The Balaban J connectivity index is 1.56. The highest BCUT2D eigenvalue weighted by Gasteiger charge is 2.34. The van der Waals surface area contributed by atoms with Crippen LogP contribution >= 0.6 is 23.4 Å². The number of anilines is 1. The number of carbonyl (C=O) groups is 1. The fraction of sp³-hybridized carbons (Fsp3) is 0.192. The van der Waals surface area contributed by atoms with Crippen LogP contribution < -0.4 is 10.1 Å². The standard InChI is InChI=1S/C26H24ClN3O2S/c1-32-19-9-6-16(7-10-19)25-24-21(22-14-17(27)8-11-23(22)29-24)12-13-30(25)26(31)28-18-4-3-5-20(15-18)33-2/h3-11,14-15,25,29H,12-13H2,1-2H3,(H,28,31). The summed E-state index contributed by atoms with van der Waals surface area (Å²) >= 11 is 7.94. The van der Waals surface area contributed by atoms with E-state index in [1.807, 2.05) is 77.9 Å². The van der Waals surface area contributed by atoms with Crippen molar-refractivity contribution in [3.8, 4) is 5.75 Å². The van der Waals surface area contributed by atoms with Gasteiger partial charge in [0.05, 0.1) is 13.2 Å². The number of nitrogens with zero attached hydrogens (tertiary/aromatic N) is 1. The van der Waals surface area contributed by atoms with Crippen molar-refractivity contribution in [2.75, 3.05) is 25.2 Å². The van der Waals surface area contributed by atoms with Crippen LogP contribution in [0.15, 0.2) is 71.6 Å². The molecule has 0 bridgehead atoms. The third kappa shape index (κ3) is 4.16. The summed E-state index contributed by atoms with van der Waals surface area (Å²) in [5, 5.41) is 4.92. The van der Waals surface area contributed by atoms with E-state index in [0.29, 0.717) is 11.6 Å². The van der Waals surface area contributed by atoms with Crippen molar-refractivity contribution in [2.45, 2.75) is 17.4 Å². The Kier molecular flexibility index (Phi) is 5.96. The number of thioether (sulfide) groups is 1. The molecule has 168 valence electrons. The number of aromatic nitrogens is 1. The van der Waals surface area contributed by atoms with Gasteiger partial charge in [0.2, 0.25) is 0 Å². The molecular weight excluding hydrogens is 454 g/mol. The number of hydrogen-bond donors (Lipinski definition) is 2. The van der Waals surface area contributed by atoms with Gasteiger partial charge >= 0.3 is 6.03 Å². The third-order valence-corrected chi connectivity index (χ3v) is 7.06. The van der Waals surface area contributed by atoms with Crippen LogP contribution in [0.2, 0.25) is 5.02 Å². The van der Waals surface area contributed by atoms with Gasteiger partial charge in [-0.2, -0.15) is 0 Å². The molecule has 1 aliphatic rings. The van der Waals surface area contributed by atoms with Crippen LogP contribution in [-0.4, -0.2) is 35.8 Å². The minimum Gasteiger partial charge on any atom is -0.497 e. The molecule has 5 nitrogen and oxygen atoms in total. The quantitative estimate of drug-likeness (QED) is 0.320. The summed E-state index contributed by atoms with van der Waals surface area (Å²) in [6, 6.07) is 21.3. The van der Waals surface area contributed by atoms with Crippen LogP contribution in [-0.2, 0) is 6.42 Å². The Morgan fingerprint density at radius 1 is 1.15 bits per heavy atom. The molecule has 5 rings (SSSR count). The van der Waals surface area contributed by atoms with Crippen molar-refractivity contribution in [3.05, 3.63) is 88.6 Å². The number of aromatic amines is 1. The van der Waals surface area contributed by atoms with E-state index in [4.69, 9.17) is 16.3 Å². The second-order valence-electron chi connectivity index (χ2n) is 7.99. The first kappa shape index (κ1) is 21.7. The zero-order chi connectivity index (χ0) is 22.9. The van der Waals surface area contributed by atoms with Crippen molar-refractivity contribution < 1.29 is 9.53 Å². The summed E-state index contributed by atoms with van der Waals surface area (Å²) in [6.45, 7) is 0.594. The van der Waals surface area contributed by atoms with Gasteiger partial charge in [0.1, 0.15) is 5.75 Å². The summed E-state index contributed by atoms with van der Waals surface area (Å²) in [5.74, 6) is 0.781. The molecule has 1 unspecified atom stereocenters. The number of methoxy groups -OCH3 is 1. The number of rotatable bonds is 4. The number of halogens is 1. The SMILES string of the molecule is COc1ccc(C2c3[nH]c4ccc(Cl)cc4c3CCN2C(=O)Nc2cccc(SC)c2)cc1. The highest BCUT2D eigenvalue weighted by molar-refractivity contribution is 7.98. The van der Waals surface area contributed by atoms with Gasteiger partial charge in [0.25, 0.3) is 0 Å². The second kappa shape index (κ2) is 9.04. The number of carbonyl (C=O) groups excluding carboxylic acids is 1. The van der Waals surface area contributed by atoms with Gasteiger partial charge in [-0.3, -0.25) is 0 Å². The van der Waals surface area contributed by atoms with Crippen molar-refractivity contribution >= 4 is 46.0 Å². The van der Waals surface area contributed by atoms with Crippen LogP contribution in [0.4, 0.5) is 10.5 Å². The average Bonchev–Trinajstić information content (AvgIpc) is 3.21. The molecule has 1 aromatic heterocycles. The first-order valence-corrected chi connectivity index (χ1v) is 12.3. The highest BCUT2D eigenvalue weighted by atomic mass is 35.5. The zero-order valence-electron chi connectivity index (χ0n) is 18.4. The smallest absolute Gasteiger partial charge is 0.322 e. The molecule has 0 radical (unpaired) electrons. The topological polar surface area (TPSA) is 57.4 Å². The Labute approximate surface area is 202 Å². The van der Waals surface area contributed by atoms with E-state index in [9.17, 15) is 4.79 Å². The van der Waals surface area contributed by atoms with E-state index in [1.165, 1.54) is 5.56 Å². The minimum atomic E-state index is -0.255. The summed E-state index contributed by atoms with van der Waals surface area (Å²) < 4.78 is 5.34. The van der Waals surface area contributed by atoms with E-state index < -0.39 is 0 Å². The Bertz CT molecular complexity index is 1320. The molecule has 2 heterocycles. The molecule has 2 N–H and O–H groups in total. The van der Waals surface area contributed by atoms with E-state index in [-0.39, 0.29) is 12.1 Å². The predicted molar refractivity (Wildman–Crippen MR) is 136 cm³/mol. The number of nitrogens with one attached hydrogen (secondary N) is 2. The molecule has 4 aromatic rings. The molecule has 1 aliphatic heterocycles. The number of fused-ring (bicyclic) bond motifs is 3. The molecular formula is C26H24ClN3O2S. The van der Waals surface area contributed by atoms with Gasteiger partial charge in [-0.25, -0.2) is 4.79 Å². The maximum atomic E-state index is 13.5. The molecule has 0 saturated heterocycles. The lowest BCUT2D eigenvalue weighted by atomic mass is 9.92. The molecule has 0 aliphatic carbocycles. The van der Waals surface area contributed by atoms with Gasteiger partial charge in [-0.15, -0.1) is 11.8 Å². The monoisotopic (exact) mass is 477 g/mol. The van der Waals surface area contributed by atoms with Crippen LogP contribution in [0.1, 0.15) is 22.9 Å². The van der Waals surface area contributed by atoms with Crippen molar-refractivity contribution in [2.24, 2.45) is 0 Å². The van der Waals surface area contributed by atoms with Gasteiger partial charge in [-0.1, -0.05) is 29.8 Å². The number of hydrogen-bond acceptors (Lipinski definition) is 3. The van der Waals surface area contributed by atoms with Crippen molar-refractivity contribution in [1.29, 1.82) is 0 Å². The van der Waals surface area contributed by atoms with Crippen LogP contribution in [0.3, 0.4) is 0 Å². The number of H-pyrrole nitrogens is 1. The summed E-state index contributed by atoms with van der Waals surface area (Å²) in [4.78, 5) is 20.1. The third-order valence-electron chi connectivity index (χ3n) is 6.10. The zero-order valence-corrected chi connectivity index (χ0v) is 20.0. The maximum Gasteiger partial charge on any atom is 0.322 e. The van der Waals surface area contributed by atoms with Gasteiger partial charge in [-0.05, 0) is 72.3 Å². The molecule has 7 heteroatoms. The molecule has 3 aromatic carbocycles. The Morgan fingerprint density at radius 2 is 1.97 bits per heavy atom. The maximum absolute atomic E-state index is 13.5. The number of ether oxygens (including phenoxy) is 1. The molecule has 0 spiro atoms. The van der Waals surface area contributed by atoms with E-state index in [2.05, 4.69) is 10.3 Å². The van der Waals surface area contributed by atoms with Gasteiger partial charge in [0.15, 0.2) is 0 Å². The van der Waals surface area contributed by atoms with Crippen molar-refractivity contribution in [1.82, 2.24) is 9.88 Å². The lowest BCUT2D eigenvalue weighted by molar-refractivity contribution is 0.193. The average molecular weight is 478 g/mol. The molecule has 2 amide bonds. The second-order valence-corrected chi connectivity index (χ2v) is 9.30. The molecule has 1 atom stereocenters. The fourth-order valence-corrected chi connectivity index (χ4v) is 5.14. The predicted octanol–water partition coefficient (Wildman–Crippen LogP) is 6.73. The minimum absolute atomic E-state index is 0.128. The first-order valence-electron chi connectivity index (χ1n) is 10.7. The van der Waals surface area contributed by atoms with Crippen LogP contribution in [0, 0.1) is 0 Å². The lowest BCUT2D eigenvalue weighted by Gasteiger charge is -2.36. The molecule has 0 saturated carbocycles. The first-order chi connectivity index (χ1) is 16.1. The van der Waals surface area contributed by atoms with E-state index in [0.717, 1.165) is 44.9 Å². The largest absolute Gasteiger partial charge is 0.497 e. The highest BCUT2D eigenvalue weighted by Crippen LogP contribution is 2.39. The number of benzene rings is 3. The Hall–Kier alpha value is -3.09. The lowest BCUT2D eigenvalue weighted by Crippen LogP contribution is -2.43. The number of amides is 2. The summed E-state index contributed by atoms with van der Waals surface area (Å²) in [7, 11) is 1.65.